The SMILES string of the molecule is CCCCN(C)c1ccc(S(=O)(=O)CC)c(N)c1. The molecule has 0 bridgehead atoms. The molecule has 0 atom stereocenters. The maximum absolute atomic E-state index is 11.8. The van der Waals surface area contributed by atoms with E-state index >= 15 is 0 Å². The third kappa shape index (κ3) is 3.38. The second-order valence-electron chi connectivity index (χ2n) is 4.40. The molecule has 0 saturated carbocycles. The summed E-state index contributed by atoms with van der Waals surface area (Å²) in [6, 6.07) is 5.15. The van der Waals surface area contributed by atoms with Gasteiger partial charge in [-0.25, -0.2) is 8.42 Å². The van der Waals surface area contributed by atoms with Crippen molar-refractivity contribution in [2.75, 3.05) is 30.0 Å². The summed E-state index contributed by atoms with van der Waals surface area (Å²) in [6.07, 6.45) is 2.23. The minimum Gasteiger partial charge on any atom is -0.398 e. The quantitative estimate of drug-likeness (QED) is 0.806. The molecule has 18 heavy (non-hydrogen) atoms. The van der Waals surface area contributed by atoms with E-state index in [9.17, 15) is 8.42 Å². The van der Waals surface area contributed by atoms with E-state index in [1.807, 2.05) is 13.1 Å². The summed E-state index contributed by atoms with van der Waals surface area (Å²) in [5, 5.41) is 0. The smallest absolute Gasteiger partial charge is 0.180 e. The Hall–Kier alpha value is -1.23. The molecule has 2 N–H and O–H groups in total. The number of unbranched alkanes of at least 4 members (excludes halogenated alkanes) is 1. The van der Waals surface area contributed by atoms with Gasteiger partial charge in [0.15, 0.2) is 9.84 Å². The monoisotopic (exact) mass is 270 g/mol. The predicted molar refractivity (Wildman–Crippen MR) is 76.8 cm³/mol. The lowest BCUT2D eigenvalue weighted by Crippen LogP contribution is -2.18. The number of hydrogen-bond donors (Lipinski definition) is 1. The lowest BCUT2D eigenvalue weighted by atomic mass is 10.2. The number of sulfone groups is 1. The van der Waals surface area contributed by atoms with Gasteiger partial charge < -0.3 is 10.6 Å². The van der Waals surface area contributed by atoms with Crippen LogP contribution in [0.3, 0.4) is 0 Å². The molecule has 5 heteroatoms. The molecular weight excluding hydrogens is 248 g/mol. The van der Waals surface area contributed by atoms with Gasteiger partial charge >= 0.3 is 0 Å². The zero-order valence-corrected chi connectivity index (χ0v) is 12.1. The molecule has 4 nitrogen and oxygen atoms in total. The van der Waals surface area contributed by atoms with Gasteiger partial charge in [0.2, 0.25) is 0 Å². The van der Waals surface area contributed by atoms with E-state index in [2.05, 4.69) is 11.8 Å². The fraction of sp³-hybridized carbons (Fsp3) is 0.538. The Balaban J connectivity index is 2.99. The minimum atomic E-state index is -3.23. The molecule has 0 aromatic heterocycles. The van der Waals surface area contributed by atoms with Crippen molar-refractivity contribution >= 4 is 21.2 Å². The van der Waals surface area contributed by atoms with Crippen molar-refractivity contribution in [1.29, 1.82) is 0 Å². The van der Waals surface area contributed by atoms with Crippen molar-refractivity contribution in [3.05, 3.63) is 18.2 Å². The van der Waals surface area contributed by atoms with Crippen LogP contribution in [0.25, 0.3) is 0 Å². The first-order valence-electron chi connectivity index (χ1n) is 6.25. The highest BCUT2D eigenvalue weighted by Gasteiger charge is 2.15. The molecule has 0 spiro atoms. The van der Waals surface area contributed by atoms with Gasteiger partial charge in [-0.15, -0.1) is 0 Å². The Morgan fingerprint density at radius 2 is 1.94 bits per heavy atom. The van der Waals surface area contributed by atoms with Crippen LogP contribution in [0.15, 0.2) is 23.1 Å². The number of nitrogens with two attached hydrogens (primary N) is 1. The van der Waals surface area contributed by atoms with Crippen LogP contribution < -0.4 is 10.6 Å². The van der Waals surface area contributed by atoms with Crippen LogP contribution in [0.4, 0.5) is 11.4 Å². The molecule has 0 amide bonds. The number of anilines is 2. The summed E-state index contributed by atoms with van der Waals surface area (Å²) >= 11 is 0. The van der Waals surface area contributed by atoms with Crippen LogP contribution in [0, 0.1) is 0 Å². The fourth-order valence-electron chi connectivity index (χ4n) is 1.74. The highest BCUT2D eigenvalue weighted by Crippen LogP contribution is 2.25. The van der Waals surface area contributed by atoms with E-state index in [0.717, 1.165) is 25.1 Å². The highest BCUT2D eigenvalue weighted by molar-refractivity contribution is 7.91. The average molecular weight is 270 g/mol. The first-order valence-corrected chi connectivity index (χ1v) is 7.91. The van der Waals surface area contributed by atoms with Gasteiger partial charge in [-0.3, -0.25) is 0 Å². The molecule has 1 rings (SSSR count). The number of benzene rings is 1. The van der Waals surface area contributed by atoms with E-state index in [1.165, 1.54) is 0 Å². The maximum atomic E-state index is 11.8. The molecule has 0 unspecified atom stereocenters. The van der Waals surface area contributed by atoms with Crippen molar-refractivity contribution in [2.24, 2.45) is 0 Å². The maximum Gasteiger partial charge on any atom is 0.180 e. The summed E-state index contributed by atoms with van der Waals surface area (Å²) in [7, 11) is -1.25. The van der Waals surface area contributed by atoms with Crippen LogP contribution in [0.5, 0.6) is 0 Å². The molecule has 0 heterocycles. The van der Waals surface area contributed by atoms with Gasteiger partial charge in [0, 0.05) is 19.3 Å². The van der Waals surface area contributed by atoms with E-state index in [1.54, 1.807) is 19.1 Å². The van der Waals surface area contributed by atoms with Crippen molar-refractivity contribution < 1.29 is 8.42 Å². The summed E-state index contributed by atoms with van der Waals surface area (Å²) < 4.78 is 23.6. The van der Waals surface area contributed by atoms with E-state index in [4.69, 9.17) is 5.73 Å². The molecule has 0 fully saturated rings. The predicted octanol–water partition coefficient (Wildman–Crippen LogP) is 2.30. The van der Waals surface area contributed by atoms with Gasteiger partial charge in [-0.05, 0) is 24.6 Å². The van der Waals surface area contributed by atoms with Gasteiger partial charge in [0.05, 0.1) is 16.3 Å². The number of hydrogen-bond acceptors (Lipinski definition) is 4. The zero-order chi connectivity index (χ0) is 13.8. The van der Waals surface area contributed by atoms with E-state index < -0.39 is 9.84 Å². The third-order valence-corrected chi connectivity index (χ3v) is 4.80. The highest BCUT2D eigenvalue weighted by atomic mass is 32.2. The van der Waals surface area contributed by atoms with Gasteiger partial charge in [0.1, 0.15) is 0 Å². The lowest BCUT2D eigenvalue weighted by molar-refractivity contribution is 0.597. The number of nitrogens with zero attached hydrogens (tertiary/aromatic N) is 1. The van der Waals surface area contributed by atoms with Crippen molar-refractivity contribution in [2.45, 2.75) is 31.6 Å². The minimum absolute atomic E-state index is 0.0716. The second-order valence-corrected chi connectivity index (χ2v) is 6.65. The largest absolute Gasteiger partial charge is 0.398 e. The summed E-state index contributed by atoms with van der Waals surface area (Å²) in [5.41, 5.74) is 7.13. The average Bonchev–Trinajstić information content (AvgIpc) is 2.35. The normalized spacial score (nSPS) is 11.5. The fourth-order valence-corrected chi connectivity index (χ4v) is 2.74. The van der Waals surface area contributed by atoms with Gasteiger partial charge in [0.25, 0.3) is 0 Å². The summed E-state index contributed by atoms with van der Waals surface area (Å²) in [4.78, 5) is 2.32. The molecule has 1 aromatic rings. The van der Waals surface area contributed by atoms with E-state index in [-0.39, 0.29) is 10.6 Å². The number of nitrogen functional groups attached to an aromatic ring is 1. The molecule has 0 aliphatic rings. The van der Waals surface area contributed by atoms with Crippen LogP contribution in [-0.4, -0.2) is 27.8 Å². The molecule has 0 radical (unpaired) electrons. The Morgan fingerprint density at radius 3 is 2.44 bits per heavy atom. The van der Waals surface area contributed by atoms with E-state index in [0.29, 0.717) is 5.69 Å². The van der Waals surface area contributed by atoms with Crippen molar-refractivity contribution in [3.8, 4) is 0 Å². The topological polar surface area (TPSA) is 63.4 Å². The molecule has 0 saturated heterocycles. The van der Waals surface area contributed by atoms with Gasteiger partial charge in [-0.2, -0.15) is 0 Å². The standard InChI is InChI=1S/C13H22N2O2S/c1-4-6-9-15(3)11-7-8-13(12(14)10-11)18(16,17)5-2/h7-8,10H,4-6,9,14H2,1-3H3. The molecule has 0 aliphatic heterocycles. The second kappa shape index (κ2) is 6.09. The lowest BCUT2D eigenvalue weighted by Gasteiger charge is -2.20. The Kier molecular flexibility index (Phi) is 5.02. The van der Waals surface area contributed by atoms with Crippen molar-refractivity contribution in [1.82, 2.24) is 0 Å². The van der Waals surface area contributed by atoms with Crippen LogP contribution in [-0.2, 0) is 9.84 Å². The van der Waals surface area contributed by atoms with Gasteiger partial charge in [-0.1, -0.05) is 20.3 Å². The first-order chi connectivity index (χ1) is 8.42. The Labute approximate surface area is 110 Å². The molecule has 1 aromatic carbocycles. The molecule has 102 valence electrons. The Bertz CT molecular complexity index is 498. The first kappa shape index (κ1) is 14.8. The summed E-state index contributed by atoms with van der Waals surface area (Å²) in [6.45, 7) is 4.70. The number of rotatable bonds is 6. The van der Waals surface area contributed by atoms with Crippen LogP contribution in [0.2, 0.25) is 0 Å². The molecule has 0 aliphatic carbocycles. The summed E-state index contributed by atoms with van der Waals surface area (Å²) in [5.74, 6) is 0.0716. The molecular formula is C13H22N2O2S. The Morgan fingerprint density at radius 1 is 1.28 bits per heavy atom. The van der Waals surface area contributed by atoms with Crippen LogP contribution >= 0.6 is 0 Å². The third-order valence-electron chi connectivity index (χ3n) is 3.00. The van der Waals surface area contributed by atoms with Crippen LogP contribution in [0.1, 0.15) is 26.7 Å². The zero-order valence-electron chi connectivity index (χ0n) is 11.3. The van der Waals surface area contributed by atoms with Crippen molar-refractivity contribution in [3.63, 3.8) is 0 Å².